The van der Waals surface area contributed by atoms with Gasteiger partial charge in [-0.25, -0.2) is 0 Å². The average molecular weight is 375 g/mol. The van der Waals surface area contributed by atoms with Gasteiger partial charge in [-0.2, -0.15) is 0 Å². The van der Waals surface area contributed by atoms with Crippen LogP contribution in [-0.4, -0.2) is 14.4 Å². The summed E-state index contributed by atoms with van der Waals surface area (Å²) in [5.74, 6) is 0. The molecule has 4 rings (SSSR count). The Hall–Kier alpha value is -4.07. The van der Waals surface area contributed by atoms with Crippen molar-refractivity contribution in [2.24, 2.45) is 0 Å². The lowest BCUT2D eigenvalue weighted by atomic mass is 10.1. The molecule has 28 heavy (non-hydrogen) atoms. The van der Waals surface area contributed by atoms with Crippen molar-refractivity contribution in [3.05, 3.63) is 96.7 Å². The summed E-state index contributed by atoms with van der Waals surface area (Å²) in [6, 6.07) is 15.4. The summed E-state index contributed by atoms with van der Waals surface area (Å²) in [4.78, 5) is 34.4. The van der Waals surface area contributed by atoms with Crippen LogP contribution in [0, 0.1) is 27.2 Å². The fourth-order valence-corrected chi connectivity index (χ4v) is 3.34. The molecule has 0 radical (unpaired) electrons. The number of aromatic nitrogens is 1. The largest absolute Gasteiger partial charge is 0.308 e. The number of nitrogens with zero attached hydrogens (tertiary/aromatic N) is 3. The van der Waals surface area contributed by atoms with E-state index in [1.807, 2.05) is 25.1 Å². The normalized spacial score (nSPS) is 11.0. The third-order valence-electron chi connectivity index (χ3n) is 4.62. The highest BCUT2D eigenvalue weighted by atomic mass is 16.6. The summed E-state index contributed by atoms with van der Waals surface area (Å²) in [5, 5.41) is 23.1. The fraction of sp³-hybridized carbons (Fsp3) is 0.0500. The van der Waals surface area contributed by atoms with Gasteiger partial charge in [0.15, 0.2) is 5.43 Å². The van der Waals surface area contributed by atoms with Gasteiger partial charge in [-0.1, -0.05) is 12.1 Å². The second-order valence-electron chi connectivity index (χ2n) is 6.42. The maximum atomic E-state index is 12.9. The van der Waals surface area contributed by atoms with Gasteiger partial charge < -0.3 is 4.57 Å². The number of benzene rings is 3. The standard InChI is InChI=1S/C20H13N3O5/c1-12-3-2-4-13(9-12)21-18-10-14(22(25)26)5-7-16(18)20(24)17-8-6-15(23(27)28)11-19(17)21/h2-11H,1H3. The molecule has 0 spiro atoms. The summed E-state index contributed by atoms with van der Waals surface area (Å²) in [6.07, 6.45) is 0. The first-order valence-electron chi connectivity index (χ1n) is 8.35. The number of nitro groups is 2. The van der Waals surface area contributed by atoms with Crippen LogP contribution >= 0.6 is 0 Å². The van der Waals surface area contributed by atoms with Gasteiger partial charge in [0.05, 0.1) is 20.9 Å². The molecule has 0 unspecified atom stereocenters. The maximum Gasteiger partial charge on any atom is 0.271 e. The van der Waals surface area contributed by atoms with E-state index < -0.39 is 9.85 Å². The number of non-ortho nitro benzene ring substituents is 2. The Morgan fingerprint density at radius 2 is 1.32 bits per heavy atom. The van der Waals surface area contributed by atoms with Crippen molar-refractivity contribution in [2.75, 3.05) is 0 Å². The fourth-order valence-electron chi connectivity index (χ4n) is 3.34. The van der Waals surface area contributed by atoms with Crippen LogP contribution in [0.25, 0.3) is 27.5 Å². The molecule has 8 nitrogen and oxygen atoms in total. The van der Waals surface area contributed by atoms with E-state index in [0.29, 0.717) is 27.5 Å². The third kappa shape index (κ3) is 2.67. The maximum absolute atomic E-state index is 12.9. The molecule has 0 saturated heterocycles. The Kier molecular flexibility index (Phi) is 3.89. The minimum Gasteiger partial charge on any atom is -0.308 e. The number of hydrogen-bond donors (Lipinski definition) is 0. The Bertz CT molecular complexity index is 1280. The van der Waals surface area contributed by atoms with Crippen molar-refractivity contribution in [1.82, 2.24) is 4.57 Å². The van der Waals surface area contributed by atoms with Gasteiger partial charge >= 0.3 is 0 Å². The molecule has 0 aliphatic heterocycles. The van der Waals surface area contributed by atoms with Gasteiger partial charge in [0.1, 0.15) is 0 Å². The summed E-state index contributed by atoms with van der Waals surface area (Å²) in [5.41, 5.74) is 1.55. The number of hydrogen-bond acceptors (Lipinski definition) is 5. The minimum absolute atomic E-state index is 0.168. The topological polar surface area (TPSA) is 108 Å². The number of fused-ring (bicyclic) bond motifs is 2. The van der Waals surface area contributed by atoms with Gasteiger partial charge in [-0.3, -0.25) is 25.0 Å². The molecule has 0 saturated carbocycles. The van der Waals surface area contributed by atoms with Crippen LogP contribution in [0.3, 0.4) is 0 Å². The van der Waals surface area contributed by atoms with Crippen LogP contribution in [0.1, 0.15) is 5.56 Å². The van der Waals surface area contributed by atoms with Gasteiger partial charge in [0.25, 0.3) is 11.4 Å². The van der Waals surface area contributed by atoms with Crippen LogP contribution in [0.2, 0.25) is 0 Å². The van der Waals surface area contributed by atoms with Crippen molar-refractivity contribution < 1.29 is 9.85 Å². The molecular weight excluding hydrogens is 362 g/mol. The lowest BCUT2D eigenvalue weighted by Gasteiger charge is -2.15. The third-order valence-corrected chi connectivity index (χ3v) is 4.62. The Morgan fingerprint density at radius 3 is 1.79 bits per heavy atom. The van der Waals surface area contributed by atoms with Gasteiger partial charge in [-0.15, -0.1) is 0 Å². The number of aryl methyl sites for hydroxylation is 1. The van der Waals surface area contributed by atoms with E-state index in [9.17, 15) is 25.0 Å². The molecule has 0 aliphatic rings. The predicted octanol–water partition coefficient (Wildman–Crippen LogP) is 4.27. The lowest BCUT2D eigenvalue weighted by molar-refractivity contribution is -0.384. The lowest BCUT2D eigenvalue weighted by Crippen LogP contribution is -2.11. The minimum atomic E-state index is -0.540. The van der Waals surface area contributed by atoms with Crippen molar-refractivity contribution in [2.45, 2.75) is 6.92 Å². The van der Waals surface area contributed by atoms with Crippen LogP contribution < -0.4 is 5.43 Å². The van der Waals surface area contributed by atoms with E-state index >= 15 is 0 Å². The molecular formula is C20H13N3O5. The first kappa shape index (κ1) is 17.3. The van der Waals surface area contributed by atoms with Crippen LogP contribution in [-0.2, 0) is 0 Å². The molecule has 1 heterocycles. The number of rotatable bonds is 3. The number of pyridine rings is 1. The highest BCUT2D eigenvalue weighted by Crippen LogP contribution is 2.29. The summed E-state index contributed by atoms with van der Waals surface area (Å²) in [7, 11) is 0. The molecule has 3 aromatic carbocycles. The highest BCUT2D eigenvalue weighted by Gasteiger charge is 2.18. The van der Waals surface area contributed by atoms with Crippen molar-refractivity contribution >= 4 is 33.2 Å². The molecule has 1 aromatic heterocycles. The van der Waals surface area contributed by atoms with Gasteiger partial charge in [0.2, 0.25) is 0 Å². The zero-order chi connectivity index (χ0) is 20.0. The predicted molar refractivity (Wildman–Crippen MR) is 105 cm³/mol. The SMILES string of the molecule is Cc1cccc(-n2c3cc([N+](=O)[O-])ccc3c(=O)c3ccc([N+](=O)[O-])cc32)c1. The molecule has 4 aromatic rings. The monoisotopic (exact) mass is 375 g/mol. The average Bonchev–Trinajstić information content (AvgIpc) is 2.67. The Morgan fingerprint density at radius 1 is 0.786 bits per heavy atom. The Labute approximate surface area is 157 Å². The molecule has 138 valence electrons. The first-order chi connectivity index (χ1) is 13.4. The zero-order valence-corrected chi connectivity index (χ0v) is 14.7. The van der Waals surface area contributed by atoms with E-state index in [1.165, 1.54) is 36.4 Å². The van der Waals surface area contributed by atoms with E-state index in [-0.39, 0.29) is 16.8 Å². The second-order valence-corrected chi connectivity index (χ2v) is 6.42. The summed E-state index contributed by atoms with van der Waals surface area (Å²) >= 11 is 0. The molecule has 0 amide bonds. The van der Waals surface area contributed by atoms with E-state index in [1.54, 1.807) is 10.6 Å². The number of nitro benzene ring substituents is 2. The van der Waals surface area contributed by atoms with Crippen LogP contribution in [0.15, 0.2) is 65.5 Å². The second kappa shape index (κ2) is 6.27. The van der Waals surface area contributed by atoms with E-state index in [2.05, 4.69) is 0 Å². The van der Waals surface area contributed by atoms with Gasteiger partial charge in [-0.05, 0) is 36.8 Å². The van der Waals surface area contributed by atoms with Crippen molar-refractivity contribution in [3.63, 3.8) is 0 Å². The molecule has 0 aliphatic carbocycles. The Balaban J connectivity index is 2.27. The van der Waals surface area contributed by atoms with Crippen molar-refractivity contribution in [1.29, 1.82) is 0 Å². The van der Waals surface area contributed by atoms with Crippen molar-refractivity contribution in [3.8, 4) is 5.69 Å². The molecule has 0 atom stereocenters. The molecule has 0 bridgehead atoms. The first-order valence-corrected chi connectivity index (χ1v) is 8.35. The quantitative estimate of drug-likeness (QED) is 0.302. The molecule has 8 heteroatoms. The zero-order valence-electron chi connectivity index (χ0n) is 14.7. The highest BCUT2D eigenvalue weighted by molar-refractivity contribution is 5.96. The van der Waals surface area contributed by atoms with Crippen LogP contribution in [0.4, 0.5) is 11.4 Å². The molecule has 0 fully saturated rings. The van der Waals surface area contributed by atoms with Crippen LogP contribution in [0.5, 0.6) is 0 Å². The smallest absolute Gasteiger partial charge is 0.271 e. The summed E-state index contributed by atoms with van der Waals surface area (Å²) in [6.45, 7) is 1.89. The van der Waals surface area contributed by atoms with E-state index in [0.717, 1.165) is 5.56 Å². The van der Waals surface area contributed by atoms with Gasteiger partial charge in [0, 0.05) is 40.7 Å². The summed E-state index contributed by atoms with van der Waals surface area (Å²) < 4.78 is 1.65. The van der Waals surface area contributed by atoms with E-state index in [4.69, 9.17) is 0 Å². The molecule has 0 N–H and O–H groups in total.